The van der Waals surface area contributed by atoms with Crippen LogP contribution in [0, 0.1) is 6.92 Å². The van der Waals surface area contributed by atoms with Crippen molar-refractivity contribution >= 4 is 0 Å². The molecule has 1 N–H and O–H groups in total. The number of aromatic nitrogens is 2. The first kappa shape index (κ1) is 10.7. The molecule has 3 nitrogen and oxygen atoms in total. The molecule has 0 spiro atoms. The third kappa shape index (κ3) is 1.81. The Balaban J connectivity index is 2.40. The summed E-state index contributed by atoms with van der Waals surface area (Å²) in [7, 11) is 0. The molecule has 0 atom stereocenters. The standard InChI is InChI=1S/C12H21N3/c1-4-10(5-2)15-9(3)14-11-8-13-7-6-12(11)15/h10,13H,4-8H2,1-3H3. The Morgan fingerprint density at radius 1 is 1.40 bits per heavy atom. The second kappa shape index (κ2) is 4.35. The maximum atomic E-state index is 4.67. The lowest BCUT2D eigenvalue weighted by molar-refractivity contribution is 0.441. The van der Waals surface area contributed by atoms with Crippen molar-refractivity contribution in [2.24, 2.45) is 0 Å². The van der Waals surface area contributed by atoms with Crippen molar-refractivity contribution in [1.82, 2.24) is 14.9 Å². The molecule has 0 amide bonds. The number of hydrogen-bond donors (Lipinski definition) is 1. The fraction of sp³-hybridized carbons (Fsp3) is 0.750. The molecule has 0 saturated carbocycles. The normalized spacial score (nSPS) is 15.7. The summed E-state index contributed by atoms with van der Waals surface area (Å²) >= 11 is 0. The third-order valence-corrected chi connectivity index (χ3v) is 3.41. The van der Waals surface area contributed by atoms with Gasteiger partial charge >= 0.3 is 0 Å². The Kier molecular flexibility index (Phi) is 3.10. The van der Waals surface area contributed by atoms with Crippen molar-refractivity contribution in [3.05, 3.63) is 17.2 Å². The molecule has 2 rings (SSSR count). The van der Waals surface area contributed by atoms with Gasteiger partial charge in [0.1, 0.15) is 5.82 Å². The van der Waals surface area contributed by atoms with Gasteiger partial charge in [0.15, 0.2) is 0 Å². The summed E-state index contributed by atoms with van der Waals surface area (Å²) in [6.07, 6.45) is 3.54. The average Bonchev–Trinajstić information content (AvgIpc) is 2.58. The highest BCUT2D eigenvalue weighted by Crippen LogP contribution is 2.24. The van der Waals surface area contributed by atoms with E-state index in [1.165, 1.54) is 30.1 Å². The molecule has 1 aromatic heterocycles. The molecular formula is C12H21N3. The minimum Gasteiger partial charge on any atom is -0.329 e. The Morgan fingerprint density at radius 2 is 2.13 bits per heavy atom. The smallest absolute Gasteiger partial charge is 0.106 e. The van der Waals surface area contributed by atoms with E-state index in [0.29, 0.717) is 6.04 Å². The van der Waals surface area contributed by atoms with E-state index < -0.39 is 0 Å². The zero-order chi connectivity index (χ0) is 10.8. The van der Waals surface area contributed by atoms with Crippen LogP contribution >= 0.6 is 0 Å². The molecule has 1 aliphatic rings. The Hall–Kier alpha value is -0.830. The summed E-state index contributed by atoms with van der Waals surface area (Å²) in [5, 5.41) is 3.38. The lowest BCUT2D eigenvalue weighted by Gasteiger charge is -2.22. The predicted octanol–water partition coefficient (Wildman–Crippen LogP) is 2.20. The Bertz CT molecular complexity index is 337. The molecular weight excluding hydrogens is 186 g/mol. The van der Waals surface area contributed by atoms with E-state index in [4.69, 9.17) is 0 Å². The first-order valence-corrected chi connectivity index (χ1v) is 6.05. The molecule has 0 aromatic carbocycles. The minimum atomic E-state index is 0.638. The van der Waals surface area contributed by atoms with E-state index >= 15 is 0 Å². The van der Waals surface area contributed by atoms with Gasteiger partial charge in [-0.25, -0.2) is 4.98 Å². The van der Waals surface area contributed by atoms with Crippen LogP contribution in [0.3, 0.4) is 0 Å². The SMILES string of the molecule is CCC(CC)n1c(C)nc2c1CCNC2. The molecule has 0 aliphatic carbocycles. The molecule has 0 saturated heterocycles. The summed E-state index contributed by atoms with van der Waals surface area (Å²) in [6.45, 7) is 8.71. The monoisotopic (exact) mass is 207 g/mol. The maximum Gasteiger partial charge on any atom is 0.106 e. The van der Waals surface area contributed by atoms with Gasteiger partial charge in [0.25, 0.3) is 0 Å². The molecule has 2 heterocycles. The first-order chi connectivity index (χ1) is 7.27. The van der Waals surface area contributed by atoms with Crippen molar-refractivity contribution in [2.75, 3.05) is 6.54 Å². The summed E-state index contributed by atoms with van der Waals surface area (Å²) in [6, 6.07) is 0.638. The van der Waals surface area contributed by atoms with Crippen molar-refractivity contribution < 1.29 is 0 Å². The number of fused-ring (bicyclic) bond motifs is 1. The number of nitrogens with one attached hydrogen (secondary N) is 1. The zero-order valence-corrected chi connectivity index (χ0v) is 10.0. The van der Waals surface area contributed by atoms with Crippen LogP contribution in [0.15, 0.2) is 0 Å². The van der Waals surface area contributed by atoms with Gasteiger partial charge in [0, 0.05) is 31.2 Å². The van der Waals surface area contributed by atoms with Crippen LogP contribution < -0.4 is 5.32 Å². The van der Waals surface area contributed by atoms with Crippen LogP contribution in [-0.2, 0) is 13.0 Å². The fourth-order valence-corrected chi connectivity index (χ4v) is 2.61. The van der Waals surface area contributed by atoms with Gasteiger partial charge < -0.3 is 9.88 Å². The van der Waals surface area contributed by atoms with Crippen LogP contribution in [0.4, 0.5) is 0 Å². The predicted molar refractivity (Wildman–Crippen MR) is 62.0 cm³/mol. The summed E-state index contributed by atoms with van der Waals surface area (Å²) in [5.41, 5.74) is 2.74. The van der Waals surface area contributed by atoms with Crippen molar-refractivity contribution in [3.8, 4) is 0 Å². The number of nitrogens with zero attached hydrogens (tertiary/aromatic N) is 2. The van der Waals surface area contributed by atoms with Gasteiger partial charge in [-0.1, -0.05) is 13.8 Å². The van der Waals surface area contributed by atoms with Gasteiger partial charge in [0.05, 0.1) is 5.69 Å². The van der Waals surface area contributed by atoms with E-state index in [-0.39, 0.29) is 0 Å². The zero-order valence-electron chi connectivity index (χ0n) is 10.0. The minimum absolute atomic E-state index is 0.638. The molecule has 3 heteroatoms. The number of rotatable bonds is 3. The summed E-state index contributed by atoms with van der Waals surface area (Å²) < 4.78 is 2.47. The second-order valence-electron chi connectivity index (χ2n) is 4.32. The molecule has 0 radical (unpaired) electrons. The lowest BCUT2D eigenvalue weighted by Crippen LogP contribution is -2.26. The van der Waals surface area contributed by atoms with E-state index in [1.54, 1.807) is 0 Å². The van der Waals surface area contributed by atoms with Crippen molar-refractivity contribution in [1.29, 1.82) is 0 Å². The van der Waals surface area contributed by atoms with Gasteiger partial charge in [-0.05, 0) is 19.8 Å². The summed E-state index contributed by atoms with van der Waals surface area (Å²) in [5.74, 6) is 1.19. The lowest BCUT2D eigenvalue weighted by atomic mass is 10.1. The van der Waals surface area contributed by atoms with Crippen LogP contribution in [0.1, 0.15) is 49.9 Å². The quantitative estimate of drug-likeness (QED) is 0.823. The maximum absolute atomic E-state index is 4.67. The van der Waals surface area contributed by atoms with E-state index in [1.807, 2.05) is 0 Å². The molecule has 84 valence electrons. The van der Waals surface area contributed by atoms with E-state index in [0.717, 1.165) is 19.5 Å². The molecule has 0 bridgehead atoms. The van der Waals surface area contributed by atoms with E-state index in [2.05, 4.69) is 35.6 Å². The van der Waals surface area contributed by atoms with Gasteiger partial charge in [-0.3, -0.25) is 0 Å². The highest BCUT2D eigenvalue weighted by molar-refractivity contribution is 5.20. The second-order valence-corrected chi connectivity index (χ2v) is 4.32. The molecule has 0 fully saturated rings. The van der Waals surface area contributed by atoms with Crippen LogP contribution in [0.5, 0.6) is 0 Å². The largest absolute Gasteiger partial charge is 0.329 e. The van der Waals surface area contributed by atoms with Crippen molar-refractivity contribution in [3.63, 3.8) is 0 Å². The highest BCUT2D eigenvalue weighted by Gasteiger charge is 2.20. The van der Waals surface area contributed by atoms with E-state index in [9.17, 15) is 0 Å². The molecule has 15 heavy (non-hydrogen) atoms. The molecule has 1 aromatic rings. The number of imidazole rings is 1. The topological polar surface area (TPSA) is 29.9 Å². The van der Waals surface area contributed by atoms with Crippen LogP contribution in [0.2, 0.25) is 0 Å². The number of hydrogen-bond acceptors (Lipinski definition) is 2. The van der Waals surface area contributed by atoms with Crippen molar-refractivity contribution in [2.45, 2.75) is 52.6 Å². The molecule has 1 aliphatic heterocycles. The Labute approximate surface area is 91.9 Å². The van der Waals surface area contributed by atoms with Crippen LogP contribution in [0.25, 0.3) is 0 Å². The fourth-order valence-electron chi connectivity index (χ4n) is 2.61. The van der Waals surface area contributed by atoms with Gasteiger partial charge in [-0.15, -0.1) is 0 Å². The van der Waals surface area contributed by atoms with Crippen LogP contribution in [-0.4, -0.2) is 16.1 Å². The third-order valence-electron chi connectivity index (χ3n) is 3.41. The number of aryl methyl sites for hydroxylation is 1. The highest BCUT2D eigenvalue weighted by atomic mass is 15.1. The molecule has 0 unspecified atom stereocenters. The summed E-state index contributed by atoms with van der Waals surface area (Å²) in [4.78, 5) is 4.67. The van der Waals surface area contributed by atoms with Gasteiger partial charge in [-0.2, -0.15) is 0 Å². The Morgan fingerprint density at radius 3 is 2.80 bits per heavy atom. The first-order valence-electron chi connectivity index (χ1n) is 6.05. The van der Waals surface area contributed by atoms with Gasteiger partial charge in [0.2, 0.25) is 0 Å². The average molecular weight is 207 g/mol.